The molecule has 0 bridgehead atoms. The van der Waals surface area contributed by atoms with Crippen LogP contribution in [0.3, 0.4) is 0 Å². The Bertz CT molecular complexity index is 228. The number of methoxy groups -OCH3 is 1. The quantitative estimate of drug-likeness (QED) is 0.707. The number of carbonyl (C=O) groups excluding carboxylic acids is 1. The van der Waals surface area contributed by atoms with Gasteiger partial charge in [0.05, 0.1) is 6.10 Å². The SMILES string of the molecule is COC1CC(N(C)C(=O)OC(C)(C)C)C1. The van der Waals surface area contributed by atoms with Gasteiger partial charge in [-0.3, -0.25) is 0 Å². The Morgan fingerprint density at radius 2 is 1.87 bits per heavy atom. The van der Waals surface area contributed by atoms with Crippen LogP contribution < -0.4 is 0 Å². The van der Waals surface area contributed by atoms with E-state index in [4.69, 9.17) is 9.47 Å². The summed E-state index contributed by atoms with van der Waals surface area (Å²) in [6, 6.07) is 0.268. The van der Waals surface area contributed by atoms with Gasteiger partial charge in [0.1, 0.15) is 5.60 Å². The predicted molar refractivity (Wildman–Crippen MR) is 57.8 cm³/mol. The zero-order chi connectivity index (χ0) is 11.6. The average Bonchev–Trinajstić information content (AvgIpc) is 1.98. The van der Waals surface area contributed by atoms with Crippen molar-refractivity contribution in [2.24, 2.45) is 0 Å². The van der Waals surface area contributed by atoms with Gasteiger partial charge in [0, 0.05) is 20.2 Å². The Kier molecular flexibility index (Phi) is 3.60. The van der Waals surface area contributed by atoms with Crippen LogP contribution in [0.25, 0.3) is 0 Å². The van der Waals surface area contributed by atoms with E-state index in [0.717, 1.165) is 12.8 Å². The van der Waals surface area contributed by atoms with Gasteiger partial charge in [0.25, 0.3) is 0 Å². The summed E-state index contributed by atoms with van der Waals surface area (Å²) < 4.78 is 10.4. The smallest absolute Gasteiger partial charge is 0.410 e. The monoisotopic (exact) mass is 215 g/mol. The van der Waals surface area contributed by atoms with Crippen LogP contribution >= 0.6 is 0 Å². The lowest BCUT2D eigenvalue weighted by molar-refractivity contribution is -0.0327. The van der Waals surface area contributed by atoms with E-state index >= 15 is 0 Å². The Hall–Kier alpha value is -0.770. The van der Waals surface area contributed by atoms with E-state index in [-0.39, 0.29) is 12.1 Å². The normalized spacial score (nSPS) is 25.7. The number of rotatable bonds is 2. The van der Waals surface area contributed by atoms with Gasteiger partial charge in [0.2, 0.25) is 0 Å². The summed E-state index contributed by atoms with van der Waals surface area (Å²) >= 11 is 0. The van der Waals surface area contributed by atoms with Gasteiger partial charge < -0.3 is 14.4 Å². The van der Waals surface area contributed by atoms with E-state index in [1.54, 1.807) is 19.1 Å². The number of hydrogen-bond acceptors (Lipinski definition) is 3. The largest absolute Gasteiger partial charge is 0.444 e. The number of carbonyl (C=O) groups is 1. The summed E-state index contributed by atoms with van der Waals surface area (Å²) in [5.74, 6) is 0. The summed E-state index contributed by atoms with van der Waals surface area (Å²) in [5, 5.41) is 0. The average molecular weight is 215 g/mol. The summed E-state index contributed by atoms with van der Waals surface area (Å²) in [7, 11) is 3.49. The van der Waals surface area contributed by atoms with Crippen molar-refractivity contribution in [1.82, 2.24) is 4.90 Å². The first kappa shape index (κ1) is 12.3. The van der Waals surface area contributed by atoms with Crippen molar-refractivity contribution in [3.63, 3.8) is 0 Å². The minimum Gasteiger partial charge on any atom is -0.444 e. The highest BCUT2D eigenvalue weighted by atomic mass is 16.6. The fourth-order valence-electron chi connectivity index (χ4n) is 1.53. The van der Waals surface area contributed by atoms with Crippen LogP contribution in [-0.4, -0.2) is 42.9 Å². The van der Waals surface area contributed by atoms with Crippen LogP contribution in [0, 0.1) is 0 Å². The molecule has 0 unspecified atom stereocenters. The third-order valence-electron chi connectivity index (χ3n) is 2.63. The van der Waals surface area contributed by atoms with Crippen molar-refractivity contribution in [2.45, 2.75) is 51.4 Å². The lowest BCUT2D eigenvalue weighted by Gasteiger charge is -2.40. The molecule has 0 radical (unpaired) electrons. The van der Waals surface area contributed by atoms with Crippen LogP contribution in [0.1, 0.15) is 33.6 Å². The van der Waals surface area contributed by atoms with E-state index < -0.39 is 5.60 Å². The second-order valence-electron chi connectivity index (χ2n) is 5.07. The molecule has 0 saturated heterocycles. The van der Waals surface area contributed by atoms with E-state index in [1.165, 1.54) is 0 Å². The molecule has 0 spiro atoms. The van der Waals surface area contributed by atoms with Gasteiger partial charge in [-0.2, -0.15) is 0 Å². The van der Waals surface area contributed by atoms with Gasteiger partial charge in [-0.1, -0.05) is 0 Å². The van der Waals surface area contributed by atoms with Gasteiger partial charge in [-0.25, -0.2) is 4.79 Å². The molecule has 0 aromatic rings. The molecule has 1 rings (SSSR count). The van der Waals surface area contributed by atoms with E-state index in [2.05, 4.69) is 0 Å². The molecule has 4 nitrogen and oxygen atoms in total. The highest BCUT2D eigenvalue weighted by molar-refractivity contribution is 5.68. The molecule has 88 valence electrons. The molecule has 0 heterocycles. The molecule has 0 aromatic carbocycles. The maximum absolute atomic E-state index is 11.7. The lowest BCUT2D eigenvalue weighted by Crippen LogP contribution is -2.49. The first-order valence-corrected chi connectivity index (χ1v) is 5.32. The second-order valence-corrected chi connectivity index (χ2v) is 5.07. The number of hydrogen-bond donors (Lipinski definition) is 0. The zero-order valence-electron chi connectivity index (χ0n) is 10.2. The molecule has 4 heteroatoms. The fourth-order valence-corrected chi connectivity index (χ4v) is 1.53. The maximum Gasteiger partial charge on any atom is 0.410 e. The molecule has 1 saturated carbocycles. The molecule has 1 fully saturated rings. The topological polar surface area (TPSA) is 38.8 Å². The van der Waals surface area contributed by atoms with Crippen LogP contribution in [0.4, 0.5) is 4.79 Å². The van der Waals surface area contributed by atoms with Gasteiger partial charge in [-0.05, 0) is 33.6 Å². The molecule has 1 aliphatic rings. The van der Waals surface area contributed by atoms with Crippen LogP contribution in [0.2, 0.25) is 0 Å². The van der Waals surface area contributed by atoms with Crippen molar-refractivity contribution in [3.05, 3.63) is 0 Å². The number of amides is 1. The maximum atomic E-state index is 11.7. The highest BCUT2D eigenvalue weighted by Gasteiger charge is 2.35. The fraction of sp³-hybridized carbons (Fsp3) is 0.909. The molecule has 15 heavy (non-hydrogen) atoms. The van der Waals surface area contributed by atoms with Crippen LogP contribution in [0.5, 0.6) is 0 Å². The van der Waals surface area contributed by atoms with Gasteiger partial charge >= 0.3 is 6.09 Å². The van der Waals surface area contributed by atoms with Crippen molar-refractivity contribution < 1.29 is 14.3 Å². The molecule has 1 aliphatic carbocycles. The lowest BCUT2D eigenvalue weighted by atomic mass is 9.88. The molecular formula is C11H21NO3. The third-order valence-corrected chi connectivity index (χ3v) is 2.63. The number of ether oxygens (including phenoxy) is 2. The van der Waals surface area contributed by atoms with Crippen molar-refractivity contribution in [2.75, 3.05) is 14.2 Å². The van der Waals surface area contributed by atoms with Crippen molar-refractivity contribution in [3.8, 4) is 0 Å². The summed E-state index contributed by atoms with van der Waals surface area (Å²) in [5.41, 5.74) is -0.421. The summed E-state index contributed by atoms with van der Waals surface area (Å²) in [4.78, 5) is 13.3. The van der Waals surface area contributed by atoms with Crippen molar-refractivity contribution in [1.29, 1.82) is 0 Å². The minimum atomic E-state index is -0.421. The Morgan fingerprint density at radius 3 is 2.27 bits per heavy atom. The molecular weight excluding hydrogens is 194 g/mol. The van der Waals surface area contributed by atoms with Gasteiger partial charge in [-0.15, -0.1) is 0 Å². The Labute approximate surface area is 91.5 Å². The molecule has 0 atom stereocenters. The summed E-state index contributed by atoms with van der Waals surface area (Å²) in [6.07, 6.45) is 1.88. The third kappa shape index (κ3) is 3.38. The zero-order valence-corrected chi connectivity index (χ0v) is 10.2. The number of nitrogens with zero attached hydrogens (tertiary/aromatic N) is 1. The standard InChI is InChI=1S/C11H21NO3/c1-11(2,3)15-10(13)12(4)8-6-9(7-8)14-5/h8-9H,6-7H2,1-5H3. The molecule has 1 amide bonds. The van der Waals surface area contributed by atoms with Crippen molar-refractivity contribution >= 4 is 6.09 Å². The molecule has 0 aliphatic heterocycles. The Balaban J connectivity index is 2.35. The second kappa shape index (κ2) is 4.39. The highest BCUT2D eigenvalue weighted by Crippen LogP contribution is 2.27. The van der Waals surface area contributed by atoms with E-state index in [1.807, 2.05) is 20.8 Å². The van der Waals surface area contributed by atoms with Crippen LogP contribution in [-0.2, 0) is 9.47 Å². The molecule has 0 aromatic heterocycles. The van der Waals surface area contributed by atoms with Gasteiger partial charge in [0.15, 0.2) is 0 Å². The first-order valence-electron chi connectivity index (χ1n) is 5.32. The van der Waals surface area contributed by atoms with Crippen LogP contribution in [0.15, 0.2) is 0 Å². The first-order chi connectivity index (χ1) is 6.83. The Morgan fingerprint density at radius 1 is 1.33 bits per heavy atom. The predicted octanol–water partition coefficient (Wildman–Crippen LogP) is 2.03. The molecule has 0 N–H and O–H groups in total. The van der Waals surface area contributed by atoms with E-state index in [0.29, 0.717) is 6.10 Å². The van der Waals surface area contributed by atoms with E-state index in [9.17, 15) is 4.79 Å². The summed E-state index contributed by atoms with van der Waals surface area (Å²) in [6.45, 7) is 5.62. The minimum absolute atomic E-state index is 0.248.